The molecule has 0 radical (unpaired) electrons. The molecule has 19 heavy (non-hydrogen) atoms. The molecular weight excluding hydrogens is 244 g/mol. The molecule has 0 aromatic rings. The van der Waals surface area contributed by atoms with Gasteiger partial charge in [0.1, 0.15) is 6.04 Å². The molecule has 1 fully saturated rings. The zero-order valence-electron chi connectivity index (χ0n) is 12.1. The molecule has 2 amide bonds. The average Bonchev–Trinajstić information content (AvgIpc) is 2.27. The molecule has 0 bridgehead atoms. The zero-order chi connectivity index (χ0) is 14.4. The van der Waals surface area contributed by atoms with Crippen LogP contribution >= 0.6 is 0 Å². The van der Waals surface area contributed by atoms with E-state index in [-0.39, 0.29) is 18.0 Å². The van der Waals surface area contributed by atoms with Crippen LogP contribution in [0, 0.1) is 11.8 Å². The number of hydrogen-bond donors (Lipinski definition) is 3. The van der Waals surface area contributed by atoms with Crippen molar-refractivity contribution in [1.82, 2.24) is 10.6 Å². The van der Waals surface area contributed by atoms with E-state index in [9.17, 15) is 9.59 Å². The average molecular weight is 270 g/mol. The van der Waals surface area contributed by atoms with Crippen molar-refractivity contribution < 1.29 is 14.7 Å². The molecule has 0 aromatic carbocycles. The Morgan fingerprint density at radius 3 is 2.53 bits per heavy atom. The number of rotatable bonds is 5. The summed E-state index contributed by atoms with van der Waals surface area (Å²) in [6.45, 7) is 6.07. The predicted octanol–water partition coefficient (Wildman–Crippen LogP) is 2.36. The third kappa shape index (κ3) is 5.94. The molecule has 1 saturated carbocycles. The van der Waals surface area contributed by atoms with Gasteiger partial charge in [-0.15, -0.1) is 0 Å². The fraction of sp³-hybridized carbons (Fsp3) is 0.857. The van der Waals surface area contributed by atoms with Crippen molar-refractivity contribution in [2.45, 2.75) is 65.0 Å². The van der Waals surface area contributed by atoms with Gasteiger partial charge in [0.05, 0.1) is 0 Å². The summed E-state index contributed by atoms with van der Waals surface area (Å²) in [5.74, 6) is -0.109. The van der Waals surface area contributed by atoms with Gasteiger partial charge in [-0.05, 0) is 31.1 Å². The van der Waals surface area contributed by atoms with Gasteiger partial charge >= 0.3 is 12.0 Å². The number of carbonyl (C=O) groups is 2. The van der Waals surface area contributed by atoms with Gasteiger partial charge < -0.3 is 15.7 Å². The van der Waals surface area contributed by atoms with E-state index >= 15 is 0 Å². The molecule has 2 unspecified atom stereocenters. The first kappa shape index (κ1) is 15.8. The predicted molar refractivity (Wildman–Crippen MR) is 74.0 cm³/mol. The summed E-state index contributed by atoms with van der Waals surface area (Å²) < 4.78 is 0. The van der Waals surface area contributed by atoms with E-state index in [0.29, 0.717) is 12.3 Å². The second kappa shape index (κ2) is 7.36. The molecule has 0 spiro atoms. The summed E-state index contributed by atoms with van der Waals surface area (Å²) in [5, 5.41) is 14.5. The van der Waals surface area contributed by atoms with Crippen LogP contribution in [0.15, 0.2) is 0 Å². The Labute approximate surface area is 115 Å². The lowest BCUT2D eigenvalue weighted by molar-refractivity contribution is -0.139. The van der Waals surface area contributed by atoms with Gasteiger partial charge in [0.2, 0.25) is 0 Å². The van der Waals surface area contributed by atoms with Crippen LogP contribution < -0.4 is 10.6 Å². The molecule has 3 N–H and O–H groups in total. The smallest absolute Gasteiger partial charge is 0.326 e. The largest absolute Gasteiger partial charge is 0.480 e. The lowest BCUT2D eigenvalue weighted by atomic mass is 9.87. The lowest BCUT2D eigenvalue weighted by Gasteiger charge is -2.28. The number of urea groups is 1. The van der Waals surface area contributed by atoms with Crippen molar-refractivity contribution in [3.05, 3.63) is 0 Å². The Hall–Kier alpha value is -1.26. The summed E-state index contributed by atoms with van der Waals surface area (Å²) in [7, 11) is 0. The summed E-state index contributed by atoms with van der Waals surface area (Å²) in [6.07, 6.45) is 4.75. The van der Waals surface area contributed by atoms with Crippen molar-refractivity contribution in [3.63, 3.8) is 0 Å². The minimum absolute atomic E-state index is 0.178. The van der Waals surface area contributed by atoms with Crippen molar-refractivity contribution in [2.75, 3.05) is 0 Å². The van der Waals surface area contributed by atoms with Gasteiger partial charge in [0, 0.05) is 6.04 Å². The first-order valence-corrected chi connectivity index (χ1v) is 7.18. The van der Waals surface area contributed by atoms with E-state index in [4.69, 9.17) is 5.11 Å². The molecule has 0 aliphatic heterocycles. The van der Waals surface area contributed by atoms with Gasteiger partial charge in [0.25, 0.3) is 0 Å². The number of carboxylic acid groups (broad SMARTS) is 1. The van der Waals surface area contributed by atoms with E-state index in [1.54, 1.807) is 0 Å². The Morgan fingerprint density at radius 2 is 2.00 bits per heavy atom. The van der Waals surface area contributed by atoms with E-state index < -0.39 is 12.0 Å². The molecular formula is C14H26N2O3. The summed E-state index contributed by atoms with van der Waals surface area (Å²) in [6, 6.07) is -0.981. The van der Waals surface area contributed by atoms with Crippen LogP contribution in [0.25, 0.3) is 0 Å². The Kier molecular flexibility index (Phi) is 6.12. The SMILES string of the molecule is CC(C)C[C@H](NC(=O)NC1CCCC(C)C1)C(=O)O. The van der Waals surface area contributed by atoms with Crippen LogP contribution in [-0.2, 0) is 4.79 Å². The molecule has 0 saturated heterocycles. The van der Waals surface area contributed by atoms with Crippen molar-refractivity contribution in [2.24, 2.45) is 11.8 Å². The van der Waals surface area contributed by atoms with Crippen LogP contribution in [-0.4, -0.2) is 29.2 Å². The van der Waals surface area contributed by atoms with Crippen LogP contribution in [0.3, 0.4) is 0 Å². The van der Waals surface area contributed by atoms with Crippen LogP contribution in [0.5, 0.6) is 0 Å². The maximum Gasteiger partial charge on any atom is 0.326 e. The monoisotopic (exact) mass is 270 g/mol. The molecule has 5 nitrogen and oxygen atoms in total. The molecule has 0 aromatic heterocycles. The molecule has 0 heterocycles. The molecule has 1 aliphatic carbocycles. The van der Waals surface area contributed by atoms with Gasteiger partial charge in [0.15, 0.2) is 0 Å². The maximum absolute atomic E-state index is 11.8. The summed E-state index contributed by atoms with van der Waals surface area (Å²) >= 11 is 0. The molecule has 110 valence electrons. The summed E-state index contributed by atoms with van der Waals surface area (Å²) in [4.78, 5) is 22.9. The Morgan fingerprint density at radius 1 is 1.32 bits per heavy atom. The number of aliphatic carboxylic acids is 1. The third-order valence-electron chi connectivity index (χ3n) is 3.58. The maximum atomic E-state index is 11.8. The number of nitrogens with one attached hydrogen (secondary N) is 2. The lowest BCUT2D eigenvalue weighted by Crippen LogP contribution is -2.50. The second-order valence-corrected chi connectivity index (χ2v) is 6.11. The standard InChI is InChI=1S/C14H26N2O3/c1-9(2)7-12(13(17)18)16-14(19)15-11-6-4-5-10(3)8-11/h9-12H,4-8H2,1-3H3,(H,17,18)(H2,15,16,19)/t10?,11?,12-/m0/s1. The quantitative estimate of drug-likeness (QED) is 0.717. The van der Waals surface area contributed by atoms with Gasteiger partial charge in [-0.3, -0.25) is 0 Å². The zero-order valence-corrected chi connectivity index (χ0v) is 12.1. The first-order valence-electron chi connectivity index (χ1n) is 7.18. The highest BCUT2D eigenvalue weighted by Gasteiger charge is 2.24. The number of carboxylic acids is 1. The Balaban J connectivity index is 2.41. The van der Waals surface area contributed by atoms with Gasteiger partial charge in [-0.25, -0.2) is 9.59 Å². The minimum atomic E-state index is -0.971. The molecule has 3 atom stereocenters. The number of hydrogen-bond acceptors (Lipinski definition) is 2. The molecule has 1 rings (SSSR count). The fourth-order valence-corrected chi connectivity index (χ4v) is 2.64. The van der Waals surface area contributed by atoms with Crippen LogP contribution in [0.4, 0.5) is 4.79 Å². The van der Waals surface area contributed by atoms with E-state index in [2.05, 4.69) is 17.6 Å². The molecule has 5 heteroatoms. The third-order valence-corrected chi connectivity index (χ3v) is 3.58. The summed E-state index contributed by atoms with van der Waals surface area (Å²) in [5.41, 5.74) is 0. The van der Waals surface area contributed by atoms with Crippen molar-refractivity contribution in [1.29, 1.82) is 0 Å². The van der Waals surface area contributed by atoms with Crippen LogP contribution in [0.2, 0.25) is 0 Å². The van der Waals surface area contributed by atoms with Crippen LogP contribution in [0.1, 0.15) is 52.9 Å². The van der Waals surface area contributed by atoms with E-state index in [1.807, 2.05) is 13.8 Å². The minimum Gasteiger partial charge on any atom is -0.480 e. The van der Waals surface area contributed by atoms with E-state index in [1.165, 1.54) is 6.42 Å². The van der Waals surface area contributed by atoms with Crippen molar-refractivity contribution in [3.8, 4) is 0 Å². The Bertz CT molecular complexity index is 318. The van der Waals surface area contributed by atoms with E-state index in [0.717, 1.165) is 19.3 Å². The topological polar surface area (TPSA) is 78.4 Å². The first-order chi connectivity index (χ1) is 8.88. The van der Waals surface area contributed by atoms with Crippen molar-refractivity contribution >= 4 is 12.0 Å². The number of carbonyl (C=O) groups excluding carboxylic acids is 1. The van der Waals surface area contributed by atoms with Gasteiger partial charge in [-0.2, -0.15) is 0 Å². The fourth-order valence-electron chi connectivity index (χ4n) is 2.64. The highest BCUT2D eigenvalue weighted by atomic mass is 16.4. The highest BCUT2D eigenvalue weighted by Crippen LogP contribution is 2.23. The second-order valence-electron chi connectivity index (χ2n) is 6.11. The molecule has 1 aliphatic rings. The highest BCUT2D eigenvalue weighted by molar-refractivity contribution is 5.82. The van der Waals surface area contributed by atoms with Gasteiger partial charge in [-0.1, -0.05) is 33.6 Å². The number of amides is 2. The normalized spacial score (nSPS) is 24.8.